The van der Waals surface area contributed by atoms with Crippen LogP contribution in [0.25, 0.3) is 0 Å². The smallest absolute Gasteiger partial charge is 0.122 e. The first-order chi connectivity index (χ1) is 10.7. The normalized spacial score (nSPS) is 10.3. The molecule has 0 aromatic heterocycles. The third-order valence-corrected chi connectivity index (χ3v) is 3.78. The summed E-state index contributed by atoms with van der Waals surface area (Å²) in [6, 6.07) is 16.7. The molecule has 2 aromatic rings. The molecule has 3 nitrogen and oxygen atoms in total. The molecule has 0 fully saturated rings. The van der Waals surface area contributed by atoms with Gasteiger partial charge in [0.25, 0.3) is 0 Å². The topological polar surface area (TPSA) is 24.5 Å². The second-order valence-corrected chi connectivity index (χ2v) is 5.26. The number of hydrogen-bond acceptors (Lipinski definition) is 3. The van der Waals surface area contributed by atoms with Crippen molar-refractivity contribution in [3.8, 4) is 5.75 Å². The maximum atomic E-state index is 5.78. The minimum absolute atomic E-state index is 0.655. The molecule has 0 radical (unpaired) electrons. The van der Waals surface area contributed by atoms with Gasteiger partial charge < -0.3 is 15.0 Å². The fraction of sp³-hybridized carbons (Fsp3) is 0.368. The zero-order chi connectivity index (χ0) is 15.8. The third-order valence-electron chi connectivity index (χ3n) is 3.78. The molecule has 0 spiro atoms. The Morgan fingerprint density at radius 2 is 1.64 bits per heavy atom. The van der Waals surface area contributed by atoms with Gasteiger partial charge in [-0.15, -0.1) is 0 Å². The van der Waals surface area contributed by atoms with E-state index in [1.165, 1.54) is 11.3 Å². The molecule has 0 aliphatic rings. The maximum absolute atomic E-state index is 5.78. The van der Waals surface area contributed by atoms with Gasteiger partial charge in [-0.2, -0.15) is 0 Å². The molecule has 0 saturated heterocycles. The van der Waals surface area contributed by atoms with Crippen molar-refractivity contribution in [2.45, 2.75) is 20.8 Å². The number of rotatable bonds is 8. The summed E-state index contributed by atoms with van der Waals surface area (Å²) in [4.78, 5) is 2.34. The highest BCUT2D eigenvalue weighted by atomic mass is 16.5. The number of hydrogen-bond donors (Lipinski definition) is 1. The van der Waals surface area contributed by atoms with E-state index in [4.69, 9.17) is 4.74 Å². The summed E-state index contributed by atoms with van der Waals surface area (Å²) in [6.45, 7) is 9.94. The van der Waals surface area contributed by atoms with E-state index in [2.05, 4.69) is 61.3 Å². The molecule has 0 bridgehead atoms. The summed E-state index contributed by atoms with van der Waals surface area (Å²) >= 11 is 0. The summed E-state index contributed by atoms with van der Waals surface area (Å²) in [7, 11) is 0. The number of aryl methyl sites for hydroxylation is 1. The van der Waals surface area contributed by atoms with Gasteiger partial charge in [-0.3, -0.25) is 0 Å². The van der Waals surface area contributed by atoms with E-state index in [0.29, 0.717) is 6.61 Å². The van der Waals surface area contributed by atoms with Crippen molar-refractivity contribution in [3.63, 3.8) is 0 Å². The number of anilines is 2. The van der Waals surface area contributed by atoms with Crippen LogP contribution in [0.15, 0.2) is 48.5 Å². The van der Waals surface area contributed by atoms with Gasteiger partial charge in [0.15, 0.2) is 0 Å². The van der Waals surface area contributed by atoms with Crippen LogP contribution in [-0.4, -0.2) is 26.2 Å². The Balaban J connectivity index is 1.79. The molecular weight excluding hydrogens is 272 g/mol. The molecule has 0 unspecified atom stereocenters. The van der Waals surface area contributed by atoms with Crippen LogP contribution in [0.3, 0.4) is 0 Å². The minimum atomic E-state index is 0.655. The van der Waals surface area contributed by atoms with Gasteiger partial charge in [-0.05, 0) is 56.7 Å². The molecule has 0 amide bonds. The Hall–Kier alpha value is -2.16. The largest absolute Gasteiger partial charge is 0.491 e. The fourth-order valence-corrected chi connectivity index (χ4v) is 2.45. The SMILES string of the molecule is CCN(CC)c1ccc(NCCOc2ccccc2C)cc1. The molecule has 2 rings (SSSR count). The van der Waals surface area contributed by atoms with Crippen molar-refractivity contribution in [2.24, 2.45) is 0 Å². The van der Waals surface area contributed by atoms with Crippen molar-refractivity contribution in [1.29, 1.82) is 0 Å². The van der Waals surface area contributed by atoms with Crippen molar-refractivity contribution < 1.29 is 4.74 Å². The second-order valence-electron chi connectivity index (χ2n) is 5.26. The van der Waals surface area contributed by atoms with Crippen LogP contribution in [0.2, 0.25) is 0 Å². The van der Waals surface area contributed by atoms with Crippen LogP contribution in [0.1, 0.15) is 19.4 Å². The van der Waals surface area contributed by atoms with Crippen LogP contribution >= 0.6 is 0 Å². The lowest BCUT2D eigenvalue weighted by atomic mass is 10.2. The number of nitrogens with one attached hydrogen (secondary N) is 1. The lowest BCUT2D eigenvalue weighted by Gasteiger charge is -2.21. The van der Waals surface area contributed by atoms with E-state index in [0.717, 1.165) is 31.1 Å². The van der Waals surface area contributed by atoms with Crippen LogP contribution in [0.5, 0.6) is 5.75 Å². The summed E-state index contributed by atoms with van der Waals surface area (Å²) in [5.74, 6) is 0.959. The van der Waals surface area contributed by atoms with Gasteiger partial charge in [-0.25, -0.2) is 0 Å². The molecule has 0 saturated carbocycles. The van der Waals surface area contributed by atoms with E-state index in [1.54, 1.807) is 0 Å². The average molecular weight is 298 g/mol. The van der Waals surface area contributed by atoms with E-state index < -0.39 is 0 Å². The molecular formula is C19H26N2O. The third kappa shape index (κ3) is 4.42. The summed E-state index contributed by atoms with van der Waals surface area (Å²) in [5.41, 5.74) is 3.57. The highest BCUT2D eigenvalue weighted by molar-refractivity contribution is 5.55. The molecule has 3 heteroatoms. The number of ether oxygens (including phenoxy) is 1. The maximum Gasteiger partial charge on any atom is 0.122 e. The van der Waals surface area contributed by atoms with Gasteiger partial charge in [0.05, 0.1) is 0 Å². The van der Waals surface area contributed by atoms with Crippen LogP contribution in [0, 0.1) is 6.92 Å². The van der Waals surface area contributed by atoms with Gasteiger partial charge in [0.1, 0.15) is 12.4 Å². The Labute approximate surface area is 133 Å². The van der Waals surface area contributed by atoms with Crippen molar-refractivity contribution in [1.82, 2.24) is 0 Å². The zero-order valence-electron chi connectivity index (χ0n) is 13.8. The fourth-order valence-electron chi connectivity index (χ4n) is 2.45. The molecule has 2 aromatic carbocycles. The Morgan fingerprint density at radius 1 is 0.955 bits per heavy atom. The van der Waals surface area contributed by atoms with E-state index in [-0.39, 0.29) is 0 Å². The molecule has 0 heterocycles. The van der Waals surface area contributed by atoms with Crippen molar-refractivity contribution in [3.05, 3.63) is 54.1 Å². The first-order valence-electron chi connectivity index (χ1n) is 8.02. The molecule has 0 atom stereocenters. The van der Waals surface area contributed by atoms with E-state index >= 15 is 0 Å². The highest BCUT2D eigenvalue weighted by Crippen LogP contribution is 2.18. The monoisotopic (exact) mass is 298 g/mol. The van der Waals surface area contributed by atoms with E-state index in [9.17, 15) is 0 Å². The van der Waals surface area contributed by atoms with Gasteiger partial charge >= 0.3 is 0 Å². The van der Waals surface area contributed by atoms with Gasteiger partial charge in [0.2, 0.25) is 0 Å². The highest BCUT2D eigenvalue weighted by Gasteiger charge is 2.01. The molecule has 1 N–H and O–H groups in total. The molecule has 22 heavy (non-hydrogen) atoms. The lowest BCUT2D eigenvalue weighted by molar-refractivity contribution is 0.330. The van der Waals surface area contributed by atoms with Crippen molar-refractivity contribution in [2.75, 3.05) is 36.5 Å². The summed E-state index contributed by atoms with van der Waals surface area (Å²) < 4.78 is 5.78. The van der Waals surface area contributed by atoms with Gasteiger partial charge in [-0.1, -0.05) is 18.2 Å². The summed E-state index contributed by atoms with van der Waals surface area (Å²) in [6.07, 6.45) is 0. The van der Waals surface area contributed by atoms with Crippen LogP contribution in [0.4, 0.5) is 11.4 Å². The summed E-state index contributed by atoms with van der Waals surface area (Å²) in [5, 5.41) is 3.39. The predicted molar refractivity (Wildman–Crippen MR) is 95.2 cm³/mol. The molecule has 0 aliphatic carbocycles. The minimum Gasteiger partial charge on any atom is -0.491 e. The molecule has 0 aliphatic heterocycles. The van der Waals surface area contributed by atoms with Gasteiger partial charge in [0, 0.05) is 31.0 Å². The lowest BCUT2D eigenvalue weighted by Crippen LogP contribution is -2.21. The Kier molecular flexibility index (Phi) is 6.13. The number of benzene rings is 2. The Bertz CT molecular complexity index is 562. The number of nitrogens with zero attached hydrogens (tertiary/aromatic N) is 1. The predicted octanol–water partition coefficient (Wildman–Crippen LogP) is 4.33. The Morgan fingerprint density at radius 3 is 2.27 bits per heavy atom. The van der Waals surface area contributed by atoms with Crippen LogP contribution < -0.4 is 15.0 Å². The standard InChI is InChI=1S/C19H26N2O/c1-4-21(5-2)18-12-10-17(11-13-18)20-14-15-22-19-9-7-6-8-16(19)3/h6-13,20H,4-5,14-15H2,1-3H3. The van der Waals surface area contributed by atoms with Crippen molar-refractivity contribution >= 4 is 11.4 Å². The first-order valence-corrected chi connectivity index (χ1v) is 8.02. The first kappa shape index (κ1) is 16.2. The zero-order valence-corrected chi connectivity index (χ0v) is 13.8. The average Bonchev–Trinajstić information content (AvgIpc) is 2.55. The number of para-hydroxylation sites is 1. The van der Waals surface area contributed by atoms with E-state index in [1.807, 2.05) is 18.2 Å². The van der Waals surface area contributed by atoms with Crippen LogP contribution in [-0.2, 0) is 0 Å². The quantitative estimate of drug-likeness (QED) is 0.734. The molecule has 118 valence electrons. The second kappa shape index (κ2) is 8.32.